The fourth-order valence-corrected chi connectivity index (χ4v) is 10.6. The Morgan fingerprint density at radius 3 is 2.31 bits per heavy atom. The van der Waals surface area contributed by atoms with Crippen molar-refractivity contribution < 1.29 is 68.1 Å². The number of amides is 3. The average Bonchev–Trinajstić information content (AvgIpc) is 4.02. The number of cyclic esters (lactones) is 1. The molecule has 1 unspecified atom stereocenters. The van der Waals surface area contributed by atoms with E-state index in [4.69, 9.17) is 23.7 Å². The van der Waals surface area contributed by atoms with Crippen molar-refractivity contribution in [3.63, 3.8) is 0 Å². The molecule has 5 N–H and O–H groups in total. The van der Waals surface area contributed by atoms with Crippen LogP contribution in [0.1, 0.15) is 99.5 Å². The lowest BCUT2D eigenvalue weighted by molar-refractivity contribution is -0.302. The molecule has 4 fully saturated rings. The van der Waals surface area contributed by atoms with E-state index in [1.54, 1.807) is 37.5 Å². The number of carbonyl (C=O) groups excluding carboxylic acids is 5. The normalized spacial score (nSPS) is 38.1. The third-order valence-electron chi connectivity index (χ3n) is 15.0. The summed E-state index contributed by atoms with van der Waals surface area (Å²) in [5.74, 6) is -5.82. The SMILES string of the molecule is CC[C@H]1OC(=O)[C@H](C)[C@@H](O)[C@H](C)[C@@H](O[C@@H]2O[C@H](C)C[C@H](N(C)CCNC(=O)[C@@H]3CCCN3C(=O)C3CCN(C(=O)OCc4ccccc4)C3)[C@H]2O)[C@](C)(OC)C[C@@H](C)C(=O)[C@H](C)[C@@H](O)[C@]1(C)O. The van der Waals surface area contributed by atoms with Gasteiger partial charge in [-0.15, -0.1) is 0 Å². The van der Waals surface area contributed by atoms with Gasteiger partial charge in [0.25, 0.3) is 0 Å². The fraction of sp³-hybridized carbons (Fsp3) is 0.776. The number of likely N-dealkylation sites (N-methyl/N-ethyl adjacent to an activating group) is 1. The van der Waals surface area contributed by atoms with Crippen LogP contribution in [-0.4, -0.2) is 178 Å². The number of nitrogens with one attached hydrogen (secondary N) is 1. The summed E-state index contributed by atoms with van der Waals surface area (Å²) in [5, 5.41) is 49.5. The first-order chi connectivity index (χ1) is 31.6. The fourth-order valence-electron chi connectivity index (χ4n) is 10.6. The minimum Gasteiger partial charge on any atom is -0.459 e. The minimum absolute atomic E-state index is 0.0492. The molecule has 4 heterocycles. The van der Waals surface area contributed by atoms with Gasteiger partial charge in [-0.2, -0.15) is 0 Å². The molecule has 0 saturated carbocycles. The van der Waals surface area contributed by atoms with Crippen molar-refractivity contribution in [2.75, 3.05) is 46.9 Å². The van der Waals surface area contributed by atoms with Crippen molar-refractivity contribution in [1.29, 1.82) is 0 Å². The topological polar surface area (TPSA) is 234 Å². The summed E-state index contributed by atoms with van der Waals surface area (Å²) in [6, 6.07) is 8.22. The van der Waals surface area contributed by atoms with Crippen molar-refractivity contribution in [2.45, 2.75) is 167 Å². The van der Waals surface area contributed by atoms with E-state index in [2.05, 4.69) is 5.32 Å². The van der Waals surface area contributed by atoms with Crippen LogP contribution in [0.25, 0.3) is 0 Å². The predicted octanol–water partition coefficient (Wildman–Crippen LogP) is 2.65. The van der Waals surface area contributed by atoms with E-state index in [-0.39, 0.29) is 50.1 Å². The van der Waals surface area contributed by atoms with Crippen molar-refractivity contribution in [3.8, 4) is 0 Å². The summed E-state index contributed by atoms with van der Waals surface area (Å²) < 4.78 is 30.3. The second kappa shape index (κ2) is 23.2. The summed E-state index contributed by atoms with van der Waals surface area (Å²) in [6.07, 6.45) is -6.32. The molecular weight excluding hydrogens is 869 g/mol. The van der Waals surface area contributed by atoms with Gasteiger partial charge in [0.15, 0.2) is 6.29 Å². The molecule has 4 aliphatic heterocycles. The van der Waals surface area contributed by atoms with Crippen molar-refractivity contribution >= 4 is 29.7 Å². The Kier molecular flexibility index (Phi) is 18.8. The number of methoxy groups -OCH3 is 1. The number of hydrogen-bond acceptors (Lipinski definition) is 15. The maximum Gasteiger partial charge on any atom is 0.410 e. The number of benzene rings is 1. The first-order valence-corrected chi connectivity index (χ1v) is 24.2. The number of rotatable bonds is 12. The molecule has 0 aromatic heterocycles. The first kappa shape index (κ1) is 54.2. The third kappa shape index (κ3) is 12.5. The predicted molar refractivity (Wildman–Crippen MR) is 245 cm³/mol. The van der Waals surface area contributed by atoms with Gasteiger partial charge < -0.3 is 59.2 Å². The van der Waals surface area contributed by atoms with Crippen molar-refractivity contribution in [2.24, 2.45) is 29.6 Å². The van der Waals surface area contributed by atoms with E-state index in [1.807, 2.05) is 49.2 Å². The Labute approximate surface area is 395 Å². The number of Topliss-reactive ketones (excluding diaryl/α,β-unsaturated/α-hetero) is 1. The lowest BCUT2D eigenvalue weighted by atomic mass is 9.74. The average molecular weight is 947 g/mol. The van der Waals surface area contributed by atoms with Gasteiger partial charge in [0, 0.05) is 63.6 Å². The lowest BCUT2D eigenvalue weighted by Gasteiger charge is -2.48. The highest BCUT2D eigenvalue weighted by Crippen LogP contribution is 2.39. The zero-order chi connectivity index (χ0) is 49.5. The van der Waals surface area contributed by atoms with E-state index in [0.29, 0.717) is 45.3 Å². The Morgan fingerprint density at radius 1 is 0.970 bits per heavy atom. The Morgan fingerprint density at radius 2 is 1.66 bits per heavy atom. The molecule has 1 aromatic carbocycles. The number of aliphatic hydroxyl groups excluding tert-OH is 3. The van der Waals surface area contributed by atoms with Crippen LogP contribution in [0, 0.1) is 29.6 Å². The molecule has 18 heteroatoms. The molecule has 0 spiro atoms. The molecule has 4 saturated heterocycles. The Hall–Kier alpha value is -3.75. The Balaban J connectivity index is 1.22. The highest BCUT2D eigenvalue weighted by atomic mass is 16.7. The van der Waals surface area contributed by atoms with Gasteiger partial charge >= 0.3 is 12.1 Å². The zero-order valence-corrected chi connectivity index (χ0v) is 41.2. The molecule has 16 atom stereocenters. The zero-order valence-electron chi connectivity index (χ0n) is 41.2. The summed E-state index contributed by atoms with van der Waals surface area (Å²) in [4.78, 5) is 72.7. The van der Waals surface area contributed by atoms with E-state index in [1.165, 1.54) is 27.9 Å². The van der Waals surface area contributed by atoms with Gasteiger partial charge in [0.1, 0.15) is 36.2 Å². The van der Waals surface area contributed by atoms with Gasteiger partial charge in [-0.3, -0.25) is 24.1 Å². The molecule has 0 bridgehead atoms. The van der Waals surface area contributed by atoms with Crippen molar-refractivity contribution in [1.82, 2.24) is 20.0 Å². The highest BCUT2D eigenvalue weighted by molar-refractivity contribution is 5.89. The van der Waals surface area contributed by atoms with Crippen molar-refractivity contribution in [3.05, 3.63) is 35.9 Å². The van der Waals surface area contributed by atoms with Crippen LogP contribution >= 0.6 is 0 Å². The number of carbonyl (C=O) groups is 5. The molecule has 1 aromatic rings. The number of aliphatic hydroxyl groups is 4. The molecular formula is C49H78N4O14. The number of ketones is 1. The van der Waals surface area contributed by atoms with Crippen LogP contribution in [-0.2, 0) is 49.5 Å². The first-order valence-electron chi connectivity index (χ1n) is 24.2. The molecule has 4 aliphatic rings. The summed E-state index contributed by atoms with van der Waals surface area (Å²) in [6.45, 7) is 14.7. The van der Waals surface area contributed by atoms with Crippen LogP contribution in [0.4, 0.5) is 4.79 Å². The maximum atomic E-state index is 13.9. The molecule has 0 aliphatic carbocycles. The molecule has 0 radical (unpaired) electrons. The monoisotopic (exact) mass is 947 g/mol. The smallest absolute Gasteiger partial charge is 0.410 e. The largest absolute Gasteiger partial charge is 0.459 e. The van der Waals surface area contributed by atoms with E-state index < -0.39 is 108 Å². The minimum atomic E-state index is -1.98. The second-order valence-electron chi connectivity index (χ2n) is 20.1. The van der Waals surface area contributed by atoms with Gasteiger partial charge in [-0.25, -0.2) is 4.79 Å². The molecule has 5 rings (SSSR count). The number of ether oxygens (including phenoxy) is 5. The van der Waals surface area contributed by atoms with E-state index >= 15 is 0 Å². The standard InChI is InChI=1S/C49H78N4O14/c1-11-37-49(8,62)41(57)30(4)38(54)28(2)25-48(7,63-10)42(31(5)39(55)32(6)45(60)66-37)67-46-40(56)36(24-29(3)65-46)51(9)23-20-50-43(58)35-18-15-21-53(35)44(59)34-19-22-52(26-34)47(61)64-27-33-16-13-12-14-17-33/h12-14,16-17,28-32,34-37,39-42,46,55-57,62H,11,15,18-27H2,1-10H3,(H,50,58)/t28-,29-,30+,31+,32-,34?,35+,36+,37-,39+,40-,41-,42-,46+,48-,49-/m1/s1. The molecule has 18 nitrogen and oxygen atoms in total. The summed E-state index contributed by atoms with van der Waals surface area (Å²) in [5.41, 5.74) is -2.43. The second-order valence-corrected chi connectivity index (χ2v) is 20.1. The number of hydrogen-bond donors (Lipinski definition) is 5. The van der Waals surface area contributed by atoms with Gasteiger partial charge in [0.2, 0.25) is 11.8 Å². The Bertz CT molecular complexity index is 1840. The van der Waals surface area contributed by atoms with Crippen LogP contribution in [0.2, 0.25) is 0 Å². The van der Waals surface area contributed by atoms with E-state index in [9.17, 15) is 44.4 Å². The maximum absolute atomic E-state index is 13.9. The van der Waals surface area contributed by atoms with E-state index in [0.717, 1.165) is 5.56 Å². The molecule has 378 valence electrons. The lowest BCUT2D eigenvalue weighted by Crippen LogP contribution is -2.61. The van der Waals surface area contributed by atoms with Gasteiger partial charge in [0.05, 0.1) is 41.9 Å². The van der Waals surface area contributed by atoms with Crippen LogP contribution in [0.3, 0.4) is 0 Å². The quantitative estimate of drug-likeness (QED) is 0.190. The highest BCUT2D eigenvalue weighted by Gasteiger charge is 2.52. The van der Waals surface area contributed by atoms with Crippen LogP contribution < -0.4 is 5.32 Å². The molecule has 67 heavy (non-hydrogen) atoms. The third-order valence-corrected chi connectivity index (χ3v) is 15.0. The number of esters is 1. The van der Waals surface area contributed by atoms with Gasteiger partial charge in [-0.1, -0.05) is 58.0 Å². The van der Waals surface area contributed by atoms with Crippen LogP contribution in [0.5, 0.6) is 0 Å². The van der Waals surface area contributed by atoms with Crippen LogP contribution in [0.15, 0.2) is 30.3 Å². The summed E-state index contributed by atoms with van der Waals surface area (Å²) in [7, 11) is 3.27. The molecule has 3 amide bonds. The summed E-state index contributed by atoms with van der Waals surface area (Å²) >= 11 is 0. The van der Waals surface area contributed by atoms with Gasteiger partial charge in [-0.05, 0) is 78.8 Å². The number of likely N-dealkylation sites (tertiary alicyclic amines) is 2. The number of nitrogens with zero attached hydrogens (tertiary/aromatic N) is 3.